The zero-order valence-corrected chi connectivity index (χ0v) is 9.94. The van der Waals surface area contributed by atoms with Crippen molar-refractivity contribution < 1.29 is 13.7 Å². The van der Waals surface area contributed by atoms with Gasteiger partial charge in [-0.3, -0.25) is 4.79 Å². The van der Waals surface area contributed by atoms with Crippen LogP contribution in [0.15, 0.2) is 33.4 Å². The van der Waals surface area contributed by atoms with Gasteiger partial charge in [0.05, 0.1) is 12.8 Å². The minimum atomic E-state index is -0.0532. The third-order valence-corrected chi connectivity index (χ3v) is 2.35. The number of rotatable bonds is 5. The summed E-state index contributed by atoms with van der Waals surface area (Å²) in [6.45, 7) is 0.344. The highest BCUT2D eigenvalue weighted by molar-refractivity contribution is 7.80. The smallest absolute Gasteiger partial charge is 0.221 e. The summed E-state index contributed by atoms with van der Waals surface area (Å²) >= 11 is 3.98. The maximum Gasteiger partial charge on any atom is 0.221 e. The fraction of sp³-hybridized carbons (Fsp3) is 0.273. The van der Waals surface area contributed by atoms with Crippen LogP contribution in [0.3, 0.4) is 0 Å². The van der Waals surface area contributed by atoms with Gasteiger partial charge in [0, 0.05) is 12.5 Å². The van der Waals surface area contributed by atoms with Crippen molar-refractivity contribution in [3.8, 4) is 11.5 Å². The van der Waals surface area contributed by atoms with E-state index in [1.54, 1.807) is 24.5 Å². The van der Waals surface area contributed by atoms with Gasteiger partial charge in [0.1, 0.15) is 5.69 Å². The first kappa shape index (κ1) is 11.8. The van der Waals surface area contributed by atoms with E-state index in [0.717, 1.165) is 0 Å². The number of hydrogen-bond donors (Lipinski definition) is 2. The van der Waals surface area contributed by atoms with Gasteiger partial charge in [-0.1, -0.05) is 5.16 Å². The first-order valence-electron chi connectivity index (χ1n) is 5.16. The Morgan fingerprint density at radius 3 is 3.06 bits per heavy atom. The lowest BCUT2D eigenvalue weighted by Crippen LogP contribution is -2.22. The van der Waals surface area contributed by atoms with E-state index < -0.39 is 0 Å². The molecule has 0 radical (unpaired) electrons. The summed E-state index contributed by atoms with van der Waals surface area (Å²) in [6, 6.07) is 5.29. The number of aromatic nitrogens is 1. The summed E-state index contributed by atoms with van der Waals surface area (Å²) in [5.74, 6) is 1.64. The van der Waals surface area contributed by atoms with Gasteiger partial charge < -0.3 is 14.3 Å². The predicted molar refractivity (Wildman–Crippen MR) is 64.5 cm³/mol. The van der Waals surface area contributed by atoms with Crippen molar-refractivity contribution in [1.29, 1.82) is 0 Å². The topological polar surface area (TPSA) is 68.3 Å². The quantitative estimate of drug-likeness (QED) is 0.797. The van der Waals surface area contributed by atoms with Crippen LogP contribution in [0.5, 0.6) is 0 Å². The Hall–Kier alpha value is -1.69. The molecule has 0 fully saturated rings. The molecule has 0 saturated heterocycles. The standard InChI is InChI=1S/C11H12N2O3S/c14-11(3-5-17)12-7-8-6-10(16-13-8)9-2-1-4-15-9/h1-2,4,6,17H,3,5,7H2,(H,12,14). The Balaban J connectivity index is 1.93. The van der Waals surface area contributed by atoms with Gasteiger partial charge in [-0.2, -0.15) is 12.6 Å². The van der Waals surface area contributed by atoms with E-state index in [4.69, 9.17) is 8.94 Å². The Kier molecular flexibility index (Phi) is 3.87. The highest BCUT2D eigenvalue weighted by Crippen LogP contribution is 2.20. The van der Waals surface area contributed by atoms with Gasteiger partial charge in [-0.05, 0) is 17.9 Å². The summed E-state index contributed by atoms with van der Waals surface area (Å²) in [4.78, 5) is 11.2. The summed E-state index contributed by atoms with van der Waals surface area (Å²) in [7, 11) is 0. The Bertz CT molecular complexity index is 479. The molecule has 0 bridgehead atoms. The normalized spacial score (nSPS) is 10.4. The van der Waals surface area contributed by atoms with Crippen LogP contribution in [-0.2, 0) is 11.3 Å². The lowest BCUT2D eigenvalue weighted by molar-refractivity contribution is -0.120. The molecule has 2 heterocycles. The molecule has 0 unspecified atom stereocenters. The van der Waals surface area contributed by atoms with E-state index in [-0.39, 0.29) is 5.91 Å². The summed E-state index contributed by atoms with van der Waals surface area (Å²) in [5, 5.41) is 6.55. The molecular formula is C11H12N2O3S. The molecule has 0 spiro atoms. The Morgan fingerprint density at radius 1 is 1.47 bits per heavy atom. The van der Waals surface area contributed by atoms with E-state index in [1.165, 1.54) is 0 Å². The second kappa shape index (κ2) is 5.58. The van der Waals surface area contributed by atoms with Crippen molar-refractivity contribution in [2.75, 3.05) is 5.75 Å². The molecule has 90 valence electrons. The molecule has 0 aliphatic heterocycles. The van der Waals surface area contributed by atoms with E-state index in [1.807, 2.05) is 0 Å². The van der Waals surface area contributed by atoms with Crippen molar-refractivity contribution in [3.05, 3.63) is 30.2 Å². The van der Waals surface area contributed by atoms with Crippen LogP contribution in [0.25, 0.3) is 11.5 Å². The summed E-state index contributed by atoms with van der Waals surface area (Å²) in [6.07, 6.45) is 1.96. The molecule has 5 nitrogen and oxygen atoms in total. The molecule has 17 heavy (non-hydrogen) atoms. The first-order chi connectivity index (χ1) is 8.29. The number of amides is 1. The maximum absolute atomic E-state index is 11.2. The summed E-state index contributed by atoms with van der Waals surface area (Å²) < 4.78 is 10.3. The molecule has 0 aromatic carbocycles. The van der Waals surface area contributed by atoms with Crippen molar-refractivity contribution in [2.45, 2.75) is 13.0 Å². The van der Waals surface area contributed by atoms with E-state index in [2.05, 4.69) is 23.1 Å². The molecule has 0 aliphatic carbocycles. The average molecular weight is 252 g/mol. The summed E-state index contributed by atoms with van der Waals surface area (Å²) in [5.41, 5.74) is 0.656. The SMILES string of the molecule is O=C(CCS)NCc1cc(-c2ccco2)on1. The molecule has 1 amide bonds. The van der Waals surface area contributed by atoms with Gasteiger partial charge in [0.2, 0.25) is 11.7 Å². The molecule has 1 N–H and O–H groups in total. The number of carbonyl (C=O) groups is 1. The predicted octanol–water partition coefficient (Wildman–Crippen LogP) is 1.87. The van der Waals surface area contributed by atoms with Gasteiger partial charge in [-0.25, -0.2) is 0 Å². The number of nitrogens with one attached hydrogen (secondary N) is 1. The van der Waals surface area contributed by atoms with Crippen molar-refractivity contribution in [3.63, 3.8) is 0 Å². The number of hydrogen-bond acceptors (Lipinski definition) is 5. The van der Waals surface area contributed by atoms with Gasteiger partial charge in [0.25, 0.3) is 0 Å². The number of nitrogens with zero attached hydrogens (tertiary/aromatic N) is 1. The van der Waals surface area contributed by atoms with Crippen molar-refractivity contribution >= 4 is 18.5 Å². The Morgan fingerprint density at radius 2 is 2.35 bits per heavy atom. The molecule has 2 rings (SSSR count). The molecule has 2 aromatic heterocycles. The van der Waals surface area contributed by atoms with Crippen molar-refractivity contribution in [2.24, 2.45) is 0 Å². The fourth-order valence-corrected chi connectivity index (χ4v) is 1.51. The van der Waals surface area contributed by atoms with Crippen LogP contribution in [0.4, 0.5) is 0 Å². The monoisotopic (exact) mass is 252 g/mol. The van der Waals surface area contributed by atoms with Crippen LogP contribution in [0, 0.1) is 0 Å². The van der Waals surface area contributed by atoms with Crippen LogP contribution >= 0.6 is 12.6 Å². The van der Waals surface area contributed by atoms with Crippen LogP contribution in [-0.4, -0.2) is 16.8 Å². The molecule has 0 aliphatic rings. The highest BCUT2D eigenvalue weighted by atomic mass is 32.1. The van der Waals surface area contributed by atoms with E-state index in [0.29, 0.717) is 35.9 Å². The van der Waals surface area contributed by atoms with E-state index >= 15 is 0 Å². The fourth-order valence-electron chi connectivity index (χ4n) is 1.31. The maximum atomic E-state index is 11.2. The average Bonchev–Trinajstić information content (AvgIpc) is 2.97. The van der Waals surface area contributed by atoms with E-state index in [9.17, 15) is 4.79 Å². The first-order valence-corrected chi connectivity index (χ1v) is 5.80. The number of thiol groups is 1. The minimum absolute atomic E-state index is 0.0532. The van der Waals surface area contributed by atoms with Crippen LogP contribution in [0.2, 0.25) is 0 Å². The third kappa shape index (κ3) is 3.13. The van der Waals surface area contributed by atoms with Gasteiger partial charge in [0.15, 0.2) is 5.76 Å². The zero-order chi connectivity index (χ0) is 12.1. The molecule has 0 atom stereocenters. The number of furan rings is 1. The Labute approximate surface area is 104 Å². The second-order valence-electron chi connectivity index (χ2n) is 3.41. The number of carbonyl (C=O) groups excluding carboxylic acids is 1. The van der Waals surface area contributed by atoms with Gasteiger partial charge >= 0.3 is 0 Å². The lowest BCUT2D eigenvalue weighted by Gasteiger charge is -1.99. The lowest BCUT2D eigenvalue weighted by atomic mass is 10.3. The molecule has 2 aromatic rings. The largest absolute Gasteiger partial charge is 0.461 e. The van der Waals surface area contributed by atoms with Gasteiger partial charge in [-0.15, -0.1) is 0 Å². The highest BCUT2D eigenvalue weighted by Gasteiger charge is 2.09. The molecular weight excluding hydrogens is 240 g/mol. The third-order valence-electron chi connectivity index (χ3n) is 2.13. The van der Waals surface area contributed by atoms with Crippen LogP contribution < -0.4 is 5.32 Å². The molecule has 0 saturated carbocycles. The van der Waals surface area contributed by atoms with Crippen LogP contribution in [0.1, 0.15) is 12.1 Å². The molecule has 6 heteroatoms. The zero-order valence-electron chi connectivity index (χ0n) is 9.05. The van der Waals surface area contributed by atoms with Crippen molar-refractivity contribution in [1.82, 2.24) is 10.5 Å². The second-order valence-corrected chi connectivity index (χ2v) is 3.86. The minimum Gasteiger partial charge on any atom is -0.461 e.